The van der Waals surface area contributed by atoms with Crippen LogP contribution in [0.4, 0.5) is 0 Å². The van der Waals surface area contributed by atoms with Gasteiger partial charge in [-0.15, -0.1) is 11.3 Å². The second-order valence-electron chi connectivity index (χ2n) is 6.29. The largest absolute Gasteiger partial charge is 0.296 e. The van der Waals surface area contributed by atoms with E-state index in [0.29, 0.717) is 6.42 Å². The molecule has 3 rings (SSSR count). The van der Waals surface area contributed by atoms with Crippen molar-refractivity contribution in [3.8, 4) is 0 Å². The molecule has 0 aliphatic carbocycles. The van der Waals surface area contributed by atoms with Gasteiger partial charge in [0.05, 0.1) is 11.5 Å². The molecule has 0 unspecified atom stereocenters. The first-order chi connectivity index (χ1) is 13.0. The molecule has 0 aliphatic rings. The van der Waals surface area contributed by atoms with Crippen molar-refractivity contribution >= 4 is 27.0 Å². The summed E-state index contributed by atoms with van der Waals surface area (Å²) in [5, 5.41) is 2.07. The topological polar surface area (TPSA) is 43.4 Å². The van der Waals surface area contributed by atoms with E-state index in [4.69, 9.17) is 4.18 Å². The molecule has 0 aliphatic heterocycles. The van der Waals surface area contributed by atoms with Gasteiger partial charge < -0.3 is 0 Å². The standard InChI is InChI=1S/C22H22O3S2/c1-17-10-12-20(13-11-17)27(23,24)25-15-6-9-21(19-7-4-3-5-8-19)22-18(2)14-16-26-22/h3-5,7-14,16H,6,15H2,1-2H3. The normalized spacial score (nSPS) is 12.3. The molecule has 1 aromatic heterocycles. The summed E-state index contributed by atoms with van der Waals surface area (Å²) in [6.45, 7) is 4.11. The second-order valence-corrected chi connectivity index (χ2v) is 8.83. The average Bonchev–Trinajstić information content (AvgIpc) is 3.08. The van der Waals surface area contributed by atoms with Gasteiger partial charge in [0, 0.05) is 4.88 Å². The Bertz CT molecular complexity index is 1010. The van der Waals surface area contributed by atoms with Crippen LogP contribution < -0.4 is 0 Å². The van der Waals surface area contributed by atoms with Crippen molar-refractivity contribution in [3.63, 3.8) is 0 Å². The Hall–Kier alpha value is -2.21. The van der Waals surface area contributed by atoms with E-state index in [1.54, 1.807) is 35.6 Å². The molecule has 5 heteroatoms. The van der Waals surface area contributed by atoms with Crippen LogP contribution in [0.15, 0.2) is 77.0 Å². The van der Waals surface area contributed by atoms with Crippen LogP contribution in [-0.2, 0) is 14.3 Å². The lowest BCUT2D eigenvalue weighted by Gasteiger charge is -2.09. The maximum atomic E-state index is 12.3. The third-order valence-corrected chi connectivity index (χ3v) is 6.58. The van der Waals surface area contributed by atoms with E-state index in [1.807, 2.05) is 25.1 Å². The average molecular weight is 399 g/mol. The molecule has 0 N–H and O–H groups in total. The summed E-state index contributed by atoms with van der Waals surface area (Å²) >= 11 is 1.69. The van der Waals surface area contributed by atoms with E-state index < -0.39 is 10.1 Å². The first kappa shape index (κ1) is 19.5. The monoisotopic (exact) mass is 398 g/mol. The highest BCUT2D eigenvalue weighted by Gasteiger charge is 2.14. The minimum Gasteiger partial charge on any atom is -0.266 e. The highest BCUT2D eigenvalue weighted by atomic mass is 32.2. The molecule has 140 valence electrons. The fourth-order valence-electron chi connectivity index (χ4n) is 2.74. The highest BCUT2D eigenvalue weighted by Crippen LogP contribution is 2.30. The fourth-order valence-corrected chi connectivity index (χ4v) is 4.65. The highest BCUT2D eigenvalue weighted by molar-refractivity contribution is 7.86. The lowest BCUT2D eigenvalue weighted by Crippen LogP contribution is -2.07. The van der Waals surface area contributed by atoms with Crippen molar-refractivity contribution in [2.75, 3.05) is 6.61 Å². The molecule has 0 fully saturated rings. The molecular weight excluding hydrogens is 376 g/mol. The zero-order chi connectivity index (χ0) is 19.3. The summed E-state index contributed by atoms with van der Waals surface area (Å²) < 4.78 is 29.8. The molecule has 1 heterocycles. The number of thiophene rings is 1. The molecule has 0 amide bonds. The molecule has 0 atom stereocenters. The quantitative estimate of drug-likeness (QED) is 0.385. The zero-order valence-electron chi connectivity index (χ0n) is 15.4. The Morgan fingerprint density at radius 1 is 1.00 bits per heavy atom. The summed E-state index contributed by atoms with van der Waals surface area (Å²) in [6, 6.07) is 18.9. The third kappa shape index (κ3) is 4.95. The summed E-state index contributed by atoms with van der Waals surface area (Å²) in [6.07, 6.45) is 2.56. The van der Waals surface area contributed by atoms with E-state index >= 15 is 0 Å². The van der Waals surface area contributed by atoms with Gasteiger partial charge in [-0.1, -0.05) is 54.1 Å². The SMILES string of the molecule is Cc1ccc(S(=O)(=O)OCCC=C(c2ccccc2)c2sccc2C)cc1. The van der Waals surface area contributed by atoms with Gasteiger partial charge in [-0.25, -0.2) is 0 Å². The number of hydrogen-bond acceptors (Lipinski definition) is 4. The lowest BCUT2D eigenvalue weighted by molar-refractivity contribution is 0.325. The number of hydrogen-bond donors (Lipinski definition) is 0. The Morgan fingerprint density at radius 2 is 1.70 bits per heavy atom. The first-order valence-electron chi connectivity index (χ1n) is 8.73. The Balaban J connectivity index is 1.74. The number of benzene rings is 2. The third-order valence-electron chi connectivity index (χ3n) is 4.21. The number of rotatable bonds is 7. The summed E-state index contributed by atoms with van der Waals surface area (Å²) in [4.78, 5) is 1.39. The summed E-state index contributed by atoms with van der Waals surface area (Å²) in [5.41, 5.74) is 4.45. The van der Waals surface area contributed by atoms with Crippen molar-refractivity contribution in [1.29, 1.82) is 0 Å². The van der Waals surface area contributed by atoms with Crippen molar-refractivity contribution in [3.05, 3.63) is 93.7 Å². The summed E-state index contributed by atoms with van der Waals surface area (Å²) in [5.74, 6) is 0. The molecule has 0 saturated heterocycles. The van der Waals surface area contributed by atoms with Gasteiger partial charge in [0.15, 0.2) is 0 Å². The molecule has 3 aromatic rings. The number of aryl methyl sites for hydroxylation is 2. The molecule has 0 bridgehead atoms. The van der Waals surface area contributed by atoms with Gasteiger partial charge in [-0.3, -0.25) is 4.18 Å². The molecule has 2 aromatic carbocycles. The van der Waals surface area contributed by atoms with Crippen LogP contribution in [0.3, 0.4) is 0 Å². The van der Waals surface area contributed by atoms with Gasteiger partial charge in [0.25, 0.3) is 10.1 Å². The van der Waals surface area contributed by atoms with Gasteiger partial charge in [0.1, 0.15) is 0 Å². The molecule has 0 spiro atoms. The van der Waals surface area contributed by atoms with Crippen LogP contribution in [0.2, 0.25) is 0 Å². The minimum atomic E-state index is -3.73. The van der Waals surface area contributed by atoms with Gasteiger partial charge >= 0.3 is 0 Å². The Morgan fingerprint density at radius 3 is 2.33 bits per heavy atom. The van der Waals surface area contributed by atoms with Gasteiger partial charge in [0.2, 0.25) is 0 Å². The van der Waals surface area contributed by atoms with E-state index in [2.05, 4.69) is 36.6 Å². The van der Waals surface area contributed by atoms with Crippen molar-refractivity contribution < 1.29 is 12.6 Å². The predicted octanol–water partition coefficient (Wildman–Crippen LogP) is 5.59. The van der Waals surface area contributed by atoms with E-state index in [9.17, 15) is 8.42 Å². The molecule has 0 saturated carbocycles. The van der Waals surface area contributed by atoms with Crippen molar-refractivity contribution in [1.82, 2.24) is 0 Å². The zero-order valence-corrected chi connectivity index (χ0v) is 17.0. The van der Waals surface area contributed by atoms with Crippen molar-refractivity contribution in [2.24, 2.45) is 0 Å². The van der Waals surface area contributed by atoms with E-state index in [-0.39, 0.29) is 11.5 Å². The first-order valence-corrected chi connectivity index (χ1v) is 11.0. The molecular formula is C22H22O3S2. The fraction of sp³-hybridized carbons (Fsp3) is 0.182. The smallest absolute Gasteiger partial charge is 0.266 e. The lowest BCUT2D eigenvalue weighted by atomic mass is 10.0. The summed E-state index contributed by atoms with van der Waals surface area (Å²) in [7, 11) is -3.73. The minimum absolute atomic E-state index is 0.108. The predicted molar refractivity (Wildman–Crippen MR) is 112 cm³/mol. The molecule has 3 nitrogen and oxygen atoms in total. The van der Waals surface area contributed by atoms with Crippen LogP contribution in [0.25, 0.3) is 5.57 Å². The van der Waals surface area contributed by atoms with Crippen LogP contribution in [0.5, 0.6) is 0 Å². The van der Waals surface area contributed by atoms with E-state index in [1.165, 1.54) is 10.4 Å². The van der Waals surface area contributed by atoms with Crippen LogP contribution in [-0.4, -0.2) is 15.0 Å². The van der Waals surface area contributed by atoms with Crippen molar-refractivity contribution in [2.45, 2.75) is 25.2 Å². The van der Waals surface area contributed by atoms with Crippen LogP contribution in [0.1, 0.15) is 28.0 Å². The van der Waals surface area contributed by atoms with Gasteiger partial charge in [-0.2, -0.15) is 8.42 Å². The van der Waals surface area contributed by atoms with E-state index in [0.717, 1.165) is 16.7 Å². The Kier molecular flexibility index (Phi) is 6.26. The van der Waals surface area contributed by atoms with Gasteiger partial charge in [-0.05, 0) is 60.5 Å². The molecule has 27 heavy (non-hydrogen) atoms. The molecule has 0 radical (unpaired) electrons. The van der Waals surface area contributed by atoms with Crippen LogP contribution >= 0.6 is 11.3 Å². The second kappa shape index (κ2) is 8.65. The van der Waals surface area contributed by atoms with Crippen LogP contribution in [0, 0.1) is 13.8 Å². The maximum absolute atomic E-state index is 12.3. The maximum Gasteiger partial charge on any atom is 0.296 e. The Labute approximate surface area is 165 Å².